The van der Waals surface area contributed by atoms with Crippen LogP contribution in [0.1, 0.15) is 29.7 Å². The van der Waals surface area contributed by atoms with Crippen LogP contribution in [-0.4, -0.2) is 42.2 Å². The SMILES string of the molecule is Cc1cc(N2CCCC2)nc(NCCNC(=O)Nc2cccc(C)c2C)n1. The molecule has 0 saturated carbocycles. The lowest BCUT2D eigenvalue weighted by Gasteiger charge is -2.17. The Labute approximate surface area is 160 Å². The Balaban J connectivity index is 1.47. The molecule has 7 nitrogen and oxygen atoms in total. The Morgan fingerprint density at radius 1 is 1.11 bits per heavy atom. The third kappa shape index (κ3) is 5.09. The number of aryl methyl sites for hydroxylation is 2. The maximum Gasteiger partial charge on any atom is 0.319 e. The molecule has 2 aromatic rings. The second-order valence-corrected chi connectivity index (χ2v) is 6.94. The zero-order valence-electron chi connectivity index (χ0n) is 16.3. The van der Waals surface area contributed by atoms with Crippen molar-refractivity contribution in [2.24, 2.45) is 0 Å². The summed E-state index contributed by atoms with van der Waals surface area (Å²) in [6, 6.07) is 7.67. The normalized spacial score (nSPS) is 13.5. The number of hydrogen-bond acceptors (Lipinski definition) is 5. The van der Waals surface area contributed by atoms with Crippen molar-refractivity contribution in [1.29, 1.82) is 0 Å². The van der Waals surface area contributed by atoms with E-state index in [1.54, 1.807) is 0 Å². The molecular formula is C20H28N6O. The quantitative estimate of drug-likeness (QED) is 0.682. The summed E-state index contributed by atoms with van der Waals surface area (Å²) in [6.07, 6.45) is 2.43. The molecule has 2 amide bonds. The number of carbonyl (C=O) groups is 1. The molecule has 3 N–H and O–H groups in total. The summed E-state index contributed by atoms with van der Waals surface area (Å²) >= 11 is 0. The predicted molar refractivity (Wildman–Crippen MR) is 110 cm³/mol. The fourth-order valence-electron chi connectivity index (χ4n) is 3.14. The van der Waals surface area contributed by atoms with Gasteiger partial charge in [0.25, 0.3) is 0 Å². The number of anilines is 3. The number of urea groups is 1. The van der Waals surface area contributed by atoms with E-state index >= 15 is 0 Å². The van der Waals surface area contributed by atoms with Gasteiger partial charge < -0.3 is 20.9 Å². The van der Waals surface area contributed by atoms with Gasteiger partial charge in [-0.15, -0.1) is 0 Å². The third-order valence-corrected chi connectivity index (χ3v) is 4.82. The lowest BCUT2D eigenvalue weighted by atomic mass is 10.1. The number of nitrogens with zero attached hydrogens (tertiary/aromatic N) is 3. The molecule has 0 atom stereocenters. The number of nitrogens with one attached hydrogen (secondary N) is 3. The number of aromatic nitrogens is 2. The van der Waals surface area contributed by atoms with E-state index in [1.165, 1.54) is 12.8 Å². The van der Waals surface area contributed by atoms with Crippen molar-refractivity contribution >= 4 is 23.5 Å². The van der Waals surface area contributed by atoms with Crippen LogP contribution in [0.15, 0.2) is 24.3 Å². The Kier molecular flexibility index (Phi) is 6.11. The summed E-state index contributed by atoms with van der Waals surface area (Å²) in [6.45, 7) is 9.14. The number of carbonyl (C=O) groups excluding carboxylic acids is 1. The molecule has 7 heteroatoms. The van der Waals surface area contributed by atoms with E-state index in [9.17, 15) is 4.79 Å². The largest absolute Gasteiger partial charge is 0.356 e. The molecule has 2 heterocycles. The van der Waals surface area contributed by atoms with Crippen molar-refractivity contribution in [1.82, 2.24) is 15.3 Å². The highest BCUT2D eigenvalue weighted by Crippen LogP contribution is 2.20. The van der Waals surface area contributed by atoms with Gasteiger partial charge in [-0.3, -0.25) is 0 Å². The van der Waals surface area contributed by atoms with E-state index in [0.717, 1.165) is 41.4 Å². The van der Waals surface area contributed by atoms with Crippen molar-refractivity contribution in [2.75, 3.05) is 41.7 Å². The van der Waals surface area contributed by atoms with Crippen LogP contribution in [0.3, 0.4) is 0 Å². The van der Waals surface area contributed by atoms with E-state index in [4.69, 9.17) is 0 Å². The molecule has 27 heavy (non-hydrogen) atoms. The van der Waals surface area contributed by atoms with Crippen LogP contribution in [-0.2, 0) is 0 Å². The Hall–Kier alpha value is -2.83. The summed E-state index contributed by atoms with van der Waals surface area (Å²) in [5.41, 5.74) is 4.00. The Bertz CT molecular complexity index is 801. The topological polar surface area (TPSA) is 82.2 Å². The monoisotopic (exact) mass is 368 g/mol. The van der Waals surface area contributed by atoms with Crippen LogP contribution in [0.2, 0.25) is 0 Å². The number of benzene rings is 1. The minimum absolute atomic E-state index is 0.214. The number of rotatable bonds is 6. The summed E-state index contributed by atoms with van der Waals surface area (Å²) < 4.78 is 0. The standard InChI is InChI=1S/C20H28N6O/c1-14-7-6-8-17(16(14)3)24-20(27)22-10-9-21-19-23-15(2)13-18(25-19)26-11-4-5-12-26/h6-8,13H,4-5,9-12H2,1-3H3,(H,21,23,25)(H2,22,24,27). The van der Waals surface area contributed by atoms with E-state index in [2.05, 4.69) is 30.8 Å². The van der Waals surface area contributed by atoms with Crippen LogP contribution in [0.4, 0.5) is 22.2 Å². The molecule has 1 aliphatic rings. The highest BCUT2D eigenvalue weighted by molar-refractivity contribution is 5.90. The zero-order valence-corrected chi connectivity index (χ0v) is 16.3. The van der Waals surface area contributed by atoms with Crippen molar-refractivity contribution < 1.29 is 4.79 Å². The highest BCUT2D eigenvalue weighted by atomic mass is 16.2. The average molecular weight is 368 g/mol. The summed E-state index contributed by atoms with van der Waals surface area (Å²) in [5, 5.41) is 8.94. The van der Waals surface area contributed by atoms with Crippen molar-refractivity contribution in [3.05, 3.63) is 41.1 Å². The van der Waals surface area contributed by atoms with Crippen LogP contribution < -0.4 is 20.9 Å². The molecule has 0 unspecified atom stereocenters. The van der Waals surface area contributed by atoms with Crippen molar-refractivity contribution in [3.63, 3.8) is 0 Å². The minimum Gasteiger partial charge on any atom is -0.356 e. The maximum atomic E-state index is 12.1. The van der Waals surface area contributed by atoms with E-state index in [1.807, 2.05) is 45.0 Å². The van der Waals surface area contributed by atoms with Crippen LogP contribution in [0.5, 0.6) is 0 Å². The van der Waals surface area contributed by atoms with Gasteiger partial charge in [0.05, 0.1) is 0 Å². The smallest absolute Gasteiger partial charge is 0.319 e. The molecule has 3 rings (SSSR count). The molecule has 144 valence electrons. The summed E-state index contributed by atoms with van der Waals surface area (Å²) in [5.74, 6) is 1.58. The van der Waals surface area contributed by atoms with Crippen LogP contribution in [0.25, 0.3) is 0 Å². The first-order valence-electron chi connectivity index (χ1n) is 9.48. The second-order valence-electron chi connectivity index (χ2n) is 6.94. The Morgan fingerprint density at radius 2 is 1.89 bits per heavy atom. The molecule has 0 radical (unpaired) electrons. The lowest BCUT2D eigenvalue weighted by molar-refractivity contribution is 0.252. The molecule has 0 bridgehead atoms. The molecule has 1 aliphatic heterocycles. The van der Waals surface area contributed by atoms with E-state index in [0.29, 0.717) is 19.0 Å². The van der Waals surface area contributed by atoms with Crippen LogP contribution >= 0.6 is 0 Å². The number of hydrogen-bond donors (Lipinski definition) is 3. The zero-order chi connectivity index (χ0) is 19.2. The average Bonchev–Trinajstić information content (AvgIpc) is 3.17. The van der Waals surface area contributed by atoms with Crippen molar-refractivity contribution in [2.45, 2.75) is 33.6 Å². The van der Waals surface area contributed by atoms with Crippen molar-refractivity contribution in [3.8, 4) is 0 Å². The molecule has 1 fully saturated rings. The van der Waals surface area contributed by atoms with E-state index < -0.39 is 0 Å². The minimum atomic E-state index is -0.214. The van der Waals surface area contributed by atoms with Gasteiger partial charge in [0.1, 0.15) is 5.82 Å². The first-order valence-corrected chi connectivity index (χ1v) is 9.48. The first kappa shape index (κ1) is 18.9. The van der Waals surface area contributed by atoms with Gasteiger partial charge in [-0.2, -0.15) is 4.98 Å². The van der Waals surface area contributed by atoms with Gasteiger partial charge in [-0.25, -0.2) is 9.78 Å². The van der Waals surface area contributed by atoms with Gasteiger partial charge in [-0.1, -0.05) is 12.1 Å². The third-order valence-electron chi connectivity index (χ3n) is 4.82. The van der Waals surface area contributed by atoms with Gasteiger partial charge in [0.15, 0.2) is 0 Å². The highest BCUT2D eigenvalue weighted by Gasteiger charge is 2.15. The van der Waals surface area contributed by atoms with Crippen LogP contribution in [0, 0.1) is 20.8 Å². The molecule has 1 aromatic carbocycles. The molecule has 1 saturated heterocycles. The van der Waals surface area contributed by atoms with Gasteiger partial charge in [0.2, 0.25) is 5.95 Å². The van der Waals surface area contributed by atoms with Gasteiger partial charge >= 0.3 is 6.03 Å². The molecular weight excluding hydrogens is 340 g/mol. The lowest BCUT2D eigenvalue weighted by Crippen LogP contribution is -2.33. The number of amides is 2. The molecule has 1 aromatic heterocycles. The maximum absolute atomic E-state index is 12.1. The molecule has 0 aliphatic carbocycles. The first-order chi connectivity index (χ1) is 13.0. The Morgan fingerprint density at radius 3 is 2.67 bits per heavy atom. The van der Waals surface area contributed by atoms with E-state index in [-0.39, 0.29) is 6.03 Å². The molecule has 0 spiro atoms. The second kappa shape index (κ2) is 8.70. The van der Waals surface area contributed by atoms with Gasteiger partial charge in [-0.05, 0) is 50.8 Å². The fourth-order valence-corrected chi connectivity index (χ4v) is 3.14. The summed E-state index contributed by atoms with van der Waals surface area (Å²) in [7, 11) is 0. The van der Waals surface area contributed by atoms with Gasteiger partial charge in [0, 0.05) is 43.6 Å². The fraction of sp³-hybridized carbons (Fsp3) is 0.450. The summed E-state index contributed by atoms with van der Waals surface area (Å²) in [4.78, 5) is 23.4. The predicted octanol–water partition coefficient (Wildman–Crippen LogP) is 3.24.